The van der Waals surface area contributed by atoms with Crippen LogP contribution in [-0.2, 0) is 17.6 Å². The topological polar surface area (TPSA) is 52.3 Å². The summed E-state index contributed by atoms with van der Waals surface area (Å²) in [4.78, 5) is 16.3. The summed E-state index contributed by atoms with van der Waals surface area (Å²) < 4.78 is 10.9. The fraction of sp³-hybridized carbons (Fsp3) is 0.200. The van der Waals surface area contributed by atoms with Gasteiger partial charge in [0, 0.05) is 12.0 Å². The number of ether oxygens (including phenoxy) is 1. The molecule has 1 aliphatic rings. The van der Waals surface area contributed by atoms with Crippen molar-refractivity contribution in [2.45, 2.75) is 25.4 Å². The Morgan fingerprint density at radius 1 is 1.08 bits per heavy atom. The molecule has 3 aromatic rings. The third-order valence-electron chi connectivity index (χ3n) is 4.41. The minimum absolute atomic E-state index is 0.0543. The molecule has 0 N–H and O–H groups in total. The molecule has 120 valence electrons. The first-order chi connectivity index (χ1) is 11.8. The second-order valence-electron chi connectivity index (χ2n) is 5.98. The van der Waals surface area contributed by atoms with Crippen molar-refractivity contribution in [3.63, 3.8) is 0 Å². The Morgan fingerprint density at radius 2 is 1.88 bits per heavy atom. The Labute approximate surface area is 140 Å². The van der Waals surface area contributed by atoms with Gasteiger partial charge in [0.2, 0.25) is 0 Å². The summed E-state index contributed by atoms with van der Waals surface area (Å²) in [7, 11) is 0. The van der Waals surface area contributed by atoms with Crippen molar-refractivity contribution < 1.29 is 13.9 Å². The highest BCUT2D eigenvalue weighted by Crippen LogP contribution is 2.24. The Bertz CT molecular complexity index is 838. The number of esters is 1. The highest BCUT2D eigenvalue weighted by Gasteiger charge is 2.22. The lowest BCUT2D eigenvalue weighted by atomic mass is 9.90. The van der Waals surface area contributed by atoms with E-state index < -0.39 is 0 Å². The number of hydrogen-bond donors (Lipinski definition) is 0. The van der Waals surface area contributed by atoms with Gasteiger partial charge in [-0.05, 0) is 36.1 Å². The Kier molecular flexibility index (Phi) is 3.87. The standard InChI is InChI=1S/C20H17NO3/c22-20(16-7-5-15(6-8-16)19-12-21-13-23-19)24-18-10-9-14-3-1-2-4-17(14)11-18/h1-8,12-13,18H,9-11H2. The molecule has 0 spiro atoms. The lowest BCUT2D eigenvalue weighted by Gasteiger charge is -2.24. The molecule has 0 fully saturated rings. The third-order valence-corrected chi connectivity index (χ3v) is 4.41. The Morgan fingerprint density at radius 3 is 2.62 bits per heavy atom. The fourth-order valence-electron chi connectivity index (χ4n) is 3.11. The monoisotopic (exact) mass is 319 g/mol. The minimum atomic E-state index is -0.275. The number of oxazole rings is 1. The van der Waals surface area contributed by atoms with Gasteiger partial charge in [0.1, 0.15) is 6.10 Å². The number of aromatic nitrogens is 1. The van der Waals surface area contributed by atoms with E-state index in [2.05, 4.69) is 23.2 Å². The number of rotatable bonds is 3. The lowest BCUT2D eigenvalue weighted by Crippen LogP contribution is -2.25. The molecule has 0 amide bonds. The first-order valence-corrected chi connectivity index (χ1v) is 8.06. The van der Waals surface area contributed by atoms with Crippen molar-refractivity contribution in [3.05, 3.63) is 77.8 Å². The van der Waals surface area contributed by atoms with E-state index in [1.165, 1.54) is 17.5 Å². The minimum Gasteiger partial charge on any atom is -0.458 e. The molecule has 24 heavy (non-hydrogen) atoms. The number of benzene rings is 2. The van der Waals surface area contributed by atoms with Crippen molar-refractivity contribution in [3.8, 4) is 11.3 Å². The van der Waals surface area contributed by atoms with Gasteiger partial charge >= 0.3 is 5.97 Å². The average Bonchev–Trinajstić information content (AvgIpc) is 3.16. The van der Waals surface area contributed by atoms with Crippen LogP contribution in [0.1, 0.15) is 27.9 Å². The molecule has 2 aromatic carbocycles. The van der Waals surface area contributed by atoms with Gasteiger partial charge in [0.05, 0.1) is 11.8 Å². The lowest BCUT2D eigenvalue weighted by molar-refractivity contribution is 0.0271. The molecule has 4 heteroatoms. The van der Waals surface area contributed by atoms with Crippen molar-refractivity contribution in [1.82, 2.24) is 4.98 Å². The molecule has 0 bridgehead atoms. The molecule has 1 aliphatic carbocycles. The summed E-state index contributed by atoms with van der Waals surface area (Å²) in [6.07, 6.45) is 5.60. The van der Waals surface area contributed by atoms with Gasteiger partial charge in [-0.3, -0.25) is 0 Å². The Hall–Kier alpha value is -2.88. The van der Waals surface area contributed by atoms with Crippen molar-refractivity contribution in [2.75, 3.05) is 0 Å². The van der Waals surface area contributed by atoms with Gasteiger partial charge < -0.3 is 9.15 Å². The molecule has 0 radical (unpaired) electrons. The van der Waals surface area contributed by atoms with Gasteiger partial charge in [0.15, 0.2) is 12.2 Å². The van der Waals surface area contributed by atoms with Gasteiger partial charge in [-0.15, -0.1) is 0 Å². The fourth-order valence-corrected chi connectivity index (χ4v) is 3.11. The van der Waals surface area contributed by atoms with E-state index in [0.29, 0.717) is 11.3 Å². The van der Waals surface area contributed by atoms with Crippen LogP contribution in [0.5, 0.6) is 0 Å². The SMILES string of the molecule is O=C(OC1CCc2ccccc2C1)c1ccc(-c2cnco2)cc1. The van der Waals surface area contributed by atoms with E-state index in [9.17, 15) is 4.79 Å². The van der Waals surface area contributed by atoms with E-state index in [1.807, 2.05) is 18.2 Å². The maximum absolute atomic E-state index is 12.4. The summed E-state index contributed by atoms with van der Waals surface area (Å²) in [5.74, 6) is 0.405. The van der Waals surface area contributed by atoms with Crippen LogP contribution < -0.4 is 0 Å². The quantitative estimate of drug-likeness (QED) is 0.683. The normalized spacial score (nSPS) is 16.4. The van der Waals surface area contributed by atoms with Crippen LogP contribution in [0.3, 0.4) is 0 Å². The average molecular weight is 319 g/mol. The summed E-state index contributed by atoms with van der Waals surface area (Å²) in [6.45, 7) is 0. The molecule has 4 nitrogen and oxygen atoms in total. The van der Waals surface area contributed by atoms with Crippen LogP contribution in [0, 0.1) is 0 Å². The maximum atomic E-state index is 12.4. The Balaban J connectivity index is 1.43. The van der Waals surface area contributed by atoms with Crippen molar-refractivity contribution in [1.29, 1.82) is 0 Å². The molecule has 0 aliphatic heterocycles. The van der Waals surface area contributed by atoms with Crippen LogP contribution in [0.15, 0.2) is 65.5 Å². The van der Waals surface area contributed by atoms with Gasteiger partial charge in [-0.1, -0.05) is 36.4 Å². The number of aryl methyl sites for hydroxylation is 1. The van der Waals surface area contributed by atoms with Crippen LogP contribution >= 0.6 is 0 Å². The van der Waals surface area contributed by atoms with Crippen LogP contribution in [0.2, 0.25) is 0 Å². The molecule has 0 saturated heterocycles. The van der Waals surface area contributed by atoms with E-state index in [0.717, 1.165) is 24.8 Å². The van der Waals surface area contributed by atoms with Gasteiger partial charge in [-0.2, -0.15) is 0 Å². The van der Waals surface area contributed by atoms with E-state index in [4.69, 9.17) is 9.15 Å². The number of hydrogen-bond acceptors (Lipinski definition) is 4. The summed E-state index contributed by atoms with van der Waals surface area (Å²) in [5.41, 5.74) is 4.08. The zero-order valence-corrected chi connectivity index (χ0v) is 13.1. The van der Waals surface area contributed by atoms with Crippen LogP contribution in [0.25, 0.3) is 11.3 Å². The second kappa shape index (κ2) is 6.32. The smallest absolute Gasteiger partial charge is 0.338 e. The zero-order chi connectivity index (χ0) is 16.4. The van der Waals surface area contributed by atoms with Gasteiger partial charge in [0.25, 0.3) is 0 Å². The predicted octanol–water partition coefficient (Wildman–Crippen LogP) is 4.06. The molecule has 1 heterocycles. The molecule has 1 aromatic heterocycles. The maximum Gasteiger partial charge on any atom is 0.338 e. The molecular weight excluding hydrogens is 302 g/mol. The van der Waals surface area contributed by atoms with E-state index >= 15 is 0 Å². The largest absolute Gasteiger partial charge is 0.458 e. The summed E-state index contributed by atoms with van der Waals surface area (Å²) in [6, 6.07) is 15.6. The zero-order valence-electron chi connectivity index (χ0n) is 13.1. The van der Waals surface area contributed by atoms with Crippen LogP contribution in [-0.4, -0.2) is 17.1 Å². The number of carbonyl (C=O) groups excluding carboxylic acids is 1. The van der Waals surface area contributed by atoms with E-state index in [1.54, 1.807) is 18.3 Å². The highest BCUT2D eigenvalue weighted by molar-refractivity contribution is 5.90. The molecule has 4 rings (SSSR count). The number of carbonyl (C=O) groups is 1. The van der Waals surface area contributed by atoms with E-state index in [-0.39, 0.29) is 12.1 Å². The first kappa shape index (κ1) is 14.7. The first-order valence-electron chi connectivity index (χ1n) is 8.06. The molecule has 0 saturated carbocycles. The highest BCUT2D eigenvalue weighted by atomic mass is 16.5. The number of fused-ring (bicyclic) bond motifs is 1. The summed E-state index contributed by atoms with van der Waals surface area (Å²) >= 11 is 0. The predicted molar refractivity (Wildman–Crippen MR) is 89.6 cm³/mol. The van der Waals surface area contributed by atoms with Crippen molar-refractivity contribution in [2.24, 2.45) is 0 Å². The second-order valence-corrected chi connectivity index (χ2v) is 5.98. The number of nitrogens with zero attached hydrogens (tertiary/aromatic N) is 1. The molecular formula is C20H17NO3. The van der Waals surface area contributed by atoms with Crippen molar-refractivity contribution >= 4 is 5.97 Å². The van der Waals surface area contributed by atoms with Gasteiger partial charge in [-0.25, -0.2) is 9.78 Å². The van der Waals surface area contributed by atoms with Crippen LogP contribution in [0.4, 0.5) is 0 Å². The summed E-state index contributed by atoms with van der Waals surface area (Å²) in [5, 5.41) is 0. The molecule has 1 unspecified atom stereocenters. The third kappa shape index (κ3) is 2.95. The molecule has 1 atom stereocenters.